The monoisotopic (exact) mass is 249 g/mol. The van der Waals surface area contributed by atoms with Gasteiger partial charge in [-0.15, -0.1) is 5.12 Å². The second-order valence-electron chi connectivity index (χ2n) is 2.79. The van der Waals surface area contributed by atoms with Crippen LogP contribution in [0.15, 0.2) is 29.9 Å². The molecule has 0 fully saturated rings. The Morgan fingerprint density at radius 3 is 2.80 bits per heavy atom. The second-order valence-corrected chi connectivity index (χ2v) is 3.65. The molecule has 1 aromatic carbocycles. The van der Waals surface area contributed by atoms with Crippen molar-refractivity contribution in [2.75, 3.05) is 12.5 Å². The molecule has 1 aromatic rings. The largest absolute Gasteiger partial charge is 0.299 e. The Kier molecular flexibility index (Phi) is 4.20. The molecule has 0 aliphatic carbocycles. The van der Waals surface area contributed by atoms with Gasteiger partial charge < -0.3 is 0 Å². The molecule has 0 bridgehead atoms. The highest BCUT2D eigenvalue weighted by Gasteiger charge is 2.07. The minimum atomic E-state index is -0.520. The third-order valence-corrected chi connectivity index (χ3v) is 1.91. The number of anilines is 1. The number of hydrogen-bond acceptors (Lipinski definition) is 3. The van der Waals surface area contributed by atoms with Crippen LogP contribution < -0.4 is 10.9 Å². The summed E-state index contributed by atoms with van der Waals surface area (Å²) in [5, 5.41) is 1.63. The van der Waals surface area contributed by atoms with E-state index in [1.54, 1.807) is 19.2 Å². The van der Waals surface area contributed by atoms with Crippen molar-refractivity contribution in [3.63, 3.8) is 0 Å². The van der Waals surface area contributed by atoms with E-state index in [0.717, 1.165) is 0 Å². The van der Waals surface area contributed by atoms with E-state index < -0.39 is 5.82 Å². The van der Waals surface area contributed by atoms with Gasteiger partial charge in [-0.3, -0.25) is 10.9 Å². The Morgan fingerprint density at radius 2 is 2.20 bits per heavy atom. The van der Waals surface area contributed by atoms with Gasteiger partial charge in [0, 0.05) is 7.05 Å². The summed E-state index contributed by atoms with van der Waals surface area (Å²) in [4.78, 5) is 0. The molecule has 3 nitrogen and oxygen atoms in total. The first-order chi connectivity index (χ1) is 7.00. The van der Waals surface area contributed by atoms with Crippen LogP contribution in [0.1, 0.15) is 0 Å². The standard InChI is InChI=1S/C9H10Cl2FN3/c1-6(10)13-15(2)14-8-5-3-4-7(11)9(8)12/h3-5,13-14H,1H2,2H3. The van der Waals surface area contributed by atoms with Gasteiger partial charge in [0.1, 0.15) is 5.16 Å². The molecular weight excluding hydrogens is 240 g/mol. The quantitative estimate of drug-likeness (QED) is 0.635. The van der Waals surface area contributed by atoms with Crippen molar-refractivity contribution in [1.29, 1.82) is 0 Å². The van der Waals surface area contributed by atoms with Crippen molar-refractivity contribution < 1.29 is 4.39 Å². The van der Waals surface area contributed by atoms with Crippen LogP contribution in [0.25, 0.3) is 0 Å². The summed E-state index contributed by atoms with van der Waals surface area (Å²) in [5.41, 5.74) is 5.57. The van der Waals surface area contributed by atoms with Crippen molar-refractivity contribution in [3.8, 4) is 0 Å². The van der Waals surface area contributed by atoms with Crippen LogP contribution in [-0.2, 0) is 0 Å². The lowest BCUT2D eigenvalue weighted by molar-refractivity contribution is 0.330. The number of benzene rings is 1. The van der Waals surface area contributed by atoms with Gasteiger partial charge in [-0.05, 0) is 12.1 Å². The van der Waals surface area contributed by atoms with Crippen LogP contribution in [0.5, 0.6) is 0 Å². The van der Waals surface area contributed by atoms with Crippen LogP contribution in [-0.4, -0.2) is 12.2 Å². The fraction of sp³-hybridized carbons (Fsp3) is 0.111. The average Bonchev–Trinajstić information content (AvgIpc) is 2.11. The smallest absolute Gasteiger partial charge is 0.166 e. The lowest BCUT2D eigenvalue weighted by Crippen LogP contribution is -2.37. The molecule has 82 valence electrons. The zero-order valence-corrected chi connectivity index (χ0v) is 9.53. The molecule has 2 N–H and O–H groups in total. The number of nitrogens with one attached hydrogen (secondary N) is 2. The average molecular weight is 250 g/mol. The zero-order chi connectivity index (χ0) is 11.4. The van der Waals surface area contributed by atoms with E-state index in [9.17, 15) is 4.39 Å². The molecule has 0 atom stereocenters. The highest BCUT2D eigenvalue weighted by Crippen LogP contribution is 2.21. The first kappa shape index (κ1) is 12.1. The van der Waals surface area contributed by atoms with Crippen molar-refractivity contribution in [2.24, 2.45) is 0 Å². The number of rotatable bonds is 4. The molecule has 0 aliphatic heterocycles. The summed E-state index contributed by atoms with van der Waals surface area (Å²) >= 11 is 11.1. The van der Waals surface area contributed by atoms with Crippen molar-refractivity contribution in [1.82, 2.24) is 10.5 Å². The number of nitrogens with zero attached hydrogens (tertiary/aromatic N) is 1. The number of halogens is 3. The minimum absolute atomic E-state index is 0.0538. The first-order valence-electron chi connectivity index (χ1n) is 4.06. The van der Waals surface area contributed by atoms with Gasteiger partial charge in [-0.1, -0.05) is 35.8 Å². The van der Waals surface area contributed by atoms with Gasteiger partial charge >= 0.3 is 0 Å². The predicted molar refractivity (Wildman–Crippen MR) is 60.9 cm³/mol. The van der Waals surface area contributed by atoms with Gasteiger partial charge in [0.25, 0.3) is 0 Å². The fourth-order valence-corrected chi connectivity index (χ4v) is 1.28. The normalized spacial score (nSPS) is 10.2. The summed E-state index contributed by atoms with van der Waals surface area (Å²) in [6, 6.07) is 4.66. The molecule has 6 heteroatoms. The molecule has 0 radical (unpaired) electrons. The van der Waals surface area contributed by atoms with E-state index in [0.29, 0.717) is 0 Å². The minimum Gasteiger partial charge on any atom is -0.299 e. The lowest BCUT2D eigenvalue weighted by atomic mass is 10.3. The van der Waals surface area contributed by atoms with Crippen molar-refractivity contribution in [3.05, 3.63) is 40.8 Å². The topological polar surface area (TPSA) is 27.3 Å². The SMILES string of the molecule is C=C(Cl)NN(C)Nc1cccc(Cl)c1F. The molecule has 0 aromatic heterocycles. The number of hydrogen-bond donors (Lipinski definition) is 2. The summed E-state index contributed by atoms with van der Waals surface area (Å²) in [6.07, 6.45) is 0. The maximum Gasteiger partial charge on any atom is 0.166 e. The Hall–Kier alpha value is -0.970. The molecular formula is C9H10Cl2FN3. The summed E-state index contributed by atoms with van der Waals surface area (Å²) < 4.78 is 13.4. The maximum absolute atomic E-state index is 13.4. The van der Waals surface area contributed by atoms with Gasteiger partial charge in [0.05, 0.1) is 10.7 Å². The predicted octanol–water partition coefficient (Wildman–Crippen LogP) is 2.95. The highest BCUT2D eigenvalue weighted by atomic mass is 35.5. The van der Waals surface area contributed by atoms with Crippen LogP contribution >= 0.6 is 23.2 Å². The van der Waals surface area contributed by atoms with Crippen LogP contribution in [0.2, 0.25) is 5.02 Å². The van der Waals surface area contributed by atoms with Gasteiger partial charge in [-0.25, -0.2) is 4.39 Å². The highest BCUT2D eigenvalue weighted by molar-refractivity contribution is 6.31. The van der Waals surface area contributed by atoms with Gasteiger partial charge in [-0.2, -0.15) is 0 Å². The summed E-state index contributed by atoms with van der Waals surface area (Å²) in [5.74, 6) is -0.520. The molecule has 0 heterocycles. The van der Waals surface area contributed by atoms with Crippen LogP contribution in [0, 0.1) is 5.82 Å². The third-order valence-electron chi connectivity index (χ3n) is 1.53. The Balaban J connectivity index is 2.72. The van der Waals surface area contributed by atoms with E-state index in [1.165, 1.54) is 11.2 Å². The second kappa shape index (κ2) is 5.21. The van der Waals surface area contributed by atoms with E-state index >= 15 is 0 Å². The Labute approximate surface area is 97.4 Å². The summed E-state index contributed by atoms with van der Waals surface area (Å²) in [6.45, 7) is 3.43. The van der Waals surface area contributed by atoms with Gasteiger partial charge in [0.2, 0.25) is 0 Å². The van der Waals surface area contributed by atoms with E-state index in [2.05, 4.69) is 17.4 Å². The van der Waals surface area contributed by atoms with Gasteiger partial charge in [0.15, 0.2) is 5.82 Å². The fourth-order valence-electron chi connectivity index (χ4n) is 0.981. The van der Waals surface area contributed by atoms with E-state index in [-0.39, 0.29) is 15.9 Å². The third kappa shape index (κ3) is 3.58. The Morgan fingerprint density at radius 1 is 1.53 bits per heavy atom. The molecule has 0 spiro atoms. The van der Waals surface area contributed by atoms with Crippen LogP contribution in [0.4, 0.5) is 10.1 Å². The van der Waals surface area contributed by atoms with Crippen molar-refractivity contribution >= 4 is 28.9 Å². The van der Waals surface area contributed by atoms with E-state index in [4.69, 9.17) is 23.2 Å². The maximum atomic E-state index is 13.4. The Bertz CT molecular complexity index is 370. The molecule has 0 aliphatic rings. The first-order valence-corrected chi connectivity index (χ1v) is 4.81. The van der Waals surface area contributed by atoms with Crippen LogP contribution in [0.3, 0.4) is 0 Å². The molecule has 1 rings (SSSR count). The van der Waals surface area contributed by atoms with Crippen molar-refractivity contribution in [2.45, 2.75) is 0 Å². The zero-order valence-electron chi connectivity index (χ0n) is 8.02. The molecule has 0 unspecified atom stereocenters. The summed E-state index contributed by atoms with van der Waals surface area (Å²) in [7, 11) is 1.62. The molecule has 0 amide bonds. The van der Waals surface area contributed by atoms with E-state index in [1.807, 2.05) is 0 Å². The molecule has 15 heavy (non-hydrogen) atoms. The molecule has 0 saturated heterocycles. The number of hydrazine groups is 2. The lowest BCUT2D eigenvalue weighted by Gasteiger charge is -2.20. The molecule has 0 saturated carbocycles.